The molecule has 0 aliphatic rings. The number of nitrogens with zero attached hydrogens (tertiary/aromatic N) is 2. The minimum atomic E-state index is 0.0300. The highest BCUT2D eigenvalue weighted by atomic mass is 16.5. The predicted octanol–water partition coefficient (Wildman–Crippen LogP) is 0.910. The van der Waals surface area contributed by atoms with E-state index in [1.807, 2.05) is 0 Å². The van der Waals surface area contributed by atoms with Crippen LogP contribution in [0.2, 0.25) is 0 Å². The number of nitrogens with two attached hydrogens (primary N) is 1. The van der Waals surface area contributed by atoms with Gasteiger partial charge in [0.15, 0.2) is 5.82 Å². The van der Waals surface area contributed by atoms with Crippen LogP contribution in [0.4, 0.5) is 0 Å². The smallest absolute Gasteiger partial charge is 0.228 e. The van der Waals surface area contributed by atoms with E-state index in [2.05, 4.69) is 30.9 Å². The van der Waals surface area contributed by atoms with Crippen molar-refractivity contribution < 1.29 is 9.63 Å². The highest BCUT2D eigenvalue weighted by Gasteiger charge is 2.18. The van der Waals surface area contributed by atoms with Crippen molar-refractivity contribution in [3.8, 4) is 0 Å². The van der Waals surface area contributed by atoms with Gasteiger partial charge in [0.1, 0.15) is 0 Å². The zero-order chi connectivity index (χ0) is 12.2. The van der Waals surface area contributed by atoms with Crippen molar-refractivity contribution >= 4 is 0 Å². The van der Waals surface area contributed by atoms with Crippen molar-refractivity contribution in [1.82, 2.24) is 10.1 Å². The van der Waals surface area contributed by atoms with Gasteiger partial charge >= 0.3 is 0 Å². The highest BCUT2D eigenvalue weighted by molar-refractivity contribution is 4.90. The van der Waals surface area contributed by atoms with Gasteiger partial charge in [0.05, 0.1) is 6.61 Å². The van der Waals surface area contributed by atoms with Gasteiger partial charge in [0.25, 0.3) is 0 Å². The average molecular weight is 227 g/mol. The molecule has 1 aromatic heterocycles. The van der Waals surface area contributed by atoms with Gasteiger partial charge in [-0.3, -0.25) is 0 Å². The van der Waals surface area contributed by atoms with Gasteiger partial charge in [-0.2, -0.15) is 4.98 Å². The number of aliphatic hydroxyl groups is 1. The molecule has 0 bridgehead atoms. The fraction of sp³-hybridized carbons (Fsp3) is 0.818. The van der Waals surface area contributed by atoms with E-state index in [4.69, 9.17) is 15.4 Å². The van der Waals surface area contributed by atoms with Gasteiger partial charge in [0, 0.05) is 18.9 Å². The lowest BCUT2D eigenvalue weighted by Crippen LogP contribution is -2.28. The second kappa shape index (κ2) is 5.41. The summed E-state index contributed by atoms with van der Waals surface area (Å²) in [6.45, 7) is 6.49. The Morgan fingerprint density at radius 3 is 2.69 bits per heavy atom. The van der Waals surface area contributed by atoms with Crippen LogP contribution < -0.4 is 5.73 Å². The first-order valence-corrected chi connectivity index (χ1v) is 5.58. The fourth-order valence-corrected chi connectivity index (χ4v) is 1.66. The van der Waals surface area contributed by atoms with Crippen LogP contribution in [0.15, 0.2) is 4.52 Å². The largest absolute Gasteiger partial charge is 0.396 e. The Bertz CT molecular complexity index is 317. The first-order valence-electron chi connectivity index (χ1n) is 5.58. The standard InChI is InChI=1S/C11H21N3O2/c1-11(2,3)7-8(12)6-10-13-9(4-5-15)14-16-10/h8,15H,4-7,12H2,1-3H3. The zero-order valence-electron chi connectivity index (χ0n) is 10.2. The lowest BCUT2D eigenvalue weighted by molar-refractivity contribution is 0.291. The number of hydrogen-bond donors (Lipinski definition) is 2. The molecule has 0 spiro atoms. The van der Waals surface area contributed by atoms with Crippen LogP contribution in [0.25, 0.3) is 0 Å². The van der Waals surface area contributed by atoms with Crippen molar-refractivity contribution in [2.24, 2.45) is 11.1 Å². The Labute approximate surface area is 96.0 Å². The molecule has 3 N–H and O–H groups in total. The van der Waals surface area contributed by atoms with Crippen LogP contribution in [0, 0.1) is 5.41 Å². The number of rotatable bonds is 5. The second-order valence-corrected chi connectivity index (χ2v) is 5.31. The van der Waals surface area contributed by atoms with Crippen LogP contribution in [0.3, 0.4) is 0 Å². The minimum absolute atomic E-state index is 0.0300. The van der Waals surface area contributed by atoms with E-state index in [0.29, 0.717) is 24.6 Å². The van der Waals surface area contributed by atoms with E-state index < -0.39 is 0 Å². The third-order valence-corrected chi connectivity index (χ3v) is 2.16. The Kier molecular flexibility index (Phi) is 4.44. The lowest BCUT2D eigenvalue weighted by Gasteiger charge is -2.21. The molecular weight excluding hydrogens is 206 g/mol. The van der Waals surface area contributed by atoms with Crippen LogP contribution in [-0.4, -0.2) is 27.9 Å². The molecule has 1 aromatic rings. The van der Waals surface area contributed by atoms with E-state index in [9.17, 15) is 0 Å². The monoisotopic (exact) mass is 227 g/mol. The molecule has 0 aromatic carbocycles. The topological polar surface area (TPSA) is 85.2 Å². The van der Waals surface area contributed by atoms with Crippen LogP contribution in [0.5, 0.6) is 0 Å². The maximum absolute atomic E-state index is 8.72. The third kappa shape index (κ3) is 4.72. The van der Waals surface area contributed by atoms with Crippen molar-refractivity contribution in [1.29, 1.82) is 0 Å². The predicted molar refractivity (Wildman–Crippen MR) is 60.8 cm³/mol. The molecule has 5 nitrogen and oxygen atoms in total. The molecule has 1 atom stereocenters. The van der Waals surface area contributed by atoms with E-state index >= 15 is 0 Å². The molecule has 0 radical (unpaired) electrons. The zero-order valence-corrected chi connectivity index (χ0v) is 10.2. The Morgan fingerprint density at radius 2 is 2.12 bits per heavy atom. The van der Waals surface area contributed by atoms with Crippen LogP contribution in [0.1, 0.15) is 38.9 Å². The first kappa shape index (κ1) is 13.1. The summed E-state index contributed by atoms with van der Waals surface area (Å²) in [5, 5.41) is 12.5. The maximum atomic E-state index is 8.72. The molecular formula is C11H21N3O2. The highest BCUT2D eigenvalue weighted by Crippen LogP contribution is 2.21. The molecule has 0 saturated carbocycles. The first-order chi connectivity index (χ1) is 7.40. The van der Waals surface area contributed by atoms with E-state index in [0.717, 1.165) is 6.42 Å². The quantitative estimate of drug-likeness (QED) is 0.781. The summed E-state index contributed by atoms with van der Waals surface area (Å²) in [7, 11) is 0. The van der Waals surface area contributed by atoms with Crippen molar-refractivity contribution in [2.45, 2.75) is 46.1 Å². The van der Waals surface area contributed by atoms with Gasteiger partial charge in [0.2, 0.25) is 5.89 Å². The fourth-order valence-electron chi connectivity index (χ4n) is 1.66. The molecule has 0 fully saturated rings. The minimum Gasteiger partial charge on any atom is -0.396 e. The molecule has 0 aliphatic heterocycles. The molecule has 92 valence electrons. The lowest BCUT2D eigenvalue weighted by atomic mass is 9.87. The average Bonchev–Trinajstić information content (AvgIpc) is 2.49. The van der Waals surface area contributed by atoms with Crippen LogP contribution in [-0.2, 0) is 12.8 Å². The van der Waals surface area contributed by atoms with E-state index in [1.165, 1.54) is 0 Å². The van der Waals surface area contributed by atoms with E-state index in [1.54, 1.807) is 0 Å². The van der Waals surface area contributed by atoms with Crippen molar-refractivity contribution in [3.05, 3.63) is 11.7 Å². The molecule has 0 aliphatic carbocycles. The number of aromatic nitrogens is 2. The summed E-state index contributed by atoms with van der Waals surface area (Å²) in [5.74, 6) is 1.10. The van der Waals surface area contributed by atoms with Gasteiger partial charge < -0.3 is 15.4 Å². The van der Waals surface area contributed by atoms with Crippen LogP contribution >= 0.6 is 0 Å². The number of hydrogen-bond acceptors (Lipinski definition) is 5. The molecule has 0 saturated heterocycles. The van der Waals surface area contributed by atoms with E-state index in [-0.39, 0.29) is 18.1 Å². The summed E-state index contributed by atoms with van der Waals surface area (Å²) in [6, 6.07) is 0.0300. The Balaban J connectivity index is 2.46. The summed E-state index contributed by atoms with van der Waals surface area (Å²) in [4.78, 5) is 4.15. The van der Waals surface area contributed by atoms with Crippen molar-refractivity contribution in [2.75, 3.05) is 6.61 Å². The second-order valence-electron chi connectivity index (χ2n) is 5.31. The number of aliphatic hydroxyl groups excluding tert-OH is 1. The SMILES string of the molecule is CC(C)(C)CC(N)Cc1nc(CCO)no1. The summed E-state index contributed by atoms with van der Waals surface area (Å²) in [6.07, 6.45) is 1.93. The van der Waals surface area contributed by atoms with Gasteiger partial charge in [-0.1, -0.05) is 25.9 Å². The van der Waals surface area contributed by atoms with Gasteiger partial charge in [-0.05, 0) is 11.8 Å². The molecule has 1 rings (SSSR count). The Hall–Kier alpha value is -0.940. The molecule has 1 heterocycles. The molecule has 1 unspecified atom stereocenters. The van der Waals surface area contributed by atoms with Gasteiger partial charge in [-0.15, -0.1) is 0 Å². The molecule has 0 amide bonds. The van der Waals surface area contributed by atoms with Gasteiger partial charge in [-0.25, -0.2) is 0 Å². The summed E-state index contributed by atoms with van der Waals surface area (Å²) < 4.78 is 5.05. The maximum Gasteiger partial charge on any atom is 0.228 e. The summed E-state index contributed by atoms with van der Waals surface area (Å²) in [5.41, 5.74) is 6.20. The third-order valence-electron chi connectivity index (χ3n) is 2.16. The Morgan fingerprint density at radius 1 is 1.44 bits per heavy atom. The summed E-state index contributed by atoms with van der Waals surface area (Å²) >= 11 is 0. The van der Waals surface area contributed by atoms with Crippen molar-refractivity contribution in [3.63, 3.8) is 0 Å². The normalized spacial score (nSPS) is 14.1. The molecule has 5 heteroatoms. The molecule has 16 heavy (non-hydrogen) atoms.